The Balaban J connectivity index is 2.20. The second-order valence-corrected chi connectivity index (χ2v) is 7.00. The lowest BCUT2D eigenvalue weighted by Crippen LogP contribution is -2.13. The maximum atomic E-state index is 13.7. The molecule has 1 heterocycles. The molecule has 2 aromatic carbocycles. The van der Waals surface area contributed by atoms with Crippen molar-refractivity contribution in [1.29, 1.82) is 0 Å². The van der Waals surface area contributed by atoms with E-state index in [0.29, 0.717) is 39.6 Å². The molecule has 1 amide bonds. The van der Waals surface area contributed by atoms with Crippen molar-refractivity contribution in [3.05, 3.63) is 75.3 Å². The van der Waals surface area contributed by atoms with Crippen LogP contribution >= 0.6 is 0 Å². The number of anilines is 1. The summed E-state index contributed by atoms with van der Waals surface area (Å²) in [6, 6.07) is 9.11. The molecule has 1 aromatic heterocycles. The predicted molar refractivity (Wildman–Crippen MR) is 115 cm³/mol. The summed E-state index contributed by atoms with van der Waals surface area (Å²) < 4.78 is 31.6. The van der Waals surface area contributed by atoms with Crippen molar-refractivity contribution in [3.63, 3.8) is 0 Å². The maximum Gasteiger partial charge on any atom is 0.411 e. The molecule has 3 aromatic rings. The number of nitrogens with one attached hydrogen (secondary N) is 1. The van der Waals surface area contributed by atoms with Gasteiger partial charge in [0.25, 0.3) is 0 Å². The number of methoxy groups -OCH3 is 2. The van der Waals surface area contributed by atoms with Crippen molar-refractivity contribution in [1.82, 2.24) is 4.57 Å². The van der Waals surface area contributed by atoms with Crippen LogP contribution in [0.1, 0.15) is 16.7 Å². The molecule has 31 heavy (non-hydrogen) atoms. The highest BCUT2D eigenvalue weighted by atomic mass is 19.1. The van der Waals surface area contributed by atoms with Crippen molar-refractivity contribution in [2.24, 2.45) is 0 Å². The summed E-state index contributed by atoms with van der Waals surface area (Å²) >= 11 is 0. The molecule has 0 aliphatic carbocycles. The molecular formula is C23H23FN2O5. The number of amides is 1. The molecule has 0 radical (unpaired) electrons. The molecule has 0 saturated heterocycles. The van der Waals surface area contributed by atoms with Gasteiger partial charge in [-0.15, -0.1) is 0 Å². The van der Waals surface area contributed by atoms with Gasteiger partial charge in [0, 0.05) is 23.5 Å². The Morgan fingerprint density at radius 3 is 2.29 bits per heavy atom. The van der Waals surface area contributed by atoms with Crippen LogP contribution in [-0.4, -0.2) is 24.9 Å². The average molecular weight is 426 g/mol. The molecular weight excluding hydrogens is 403 g/mol. The van der Waals surface area contributed by atoms with Gasteiger partial charge in [-0.25, -0.2) is 9.18 Å². The molecule has 0 saturated carbocycles. The molecule has 0 aliphatic rings. The fourth-order valence-corrected chi connectivity index (χ4v) is 3.17. The molecule has 8 heteroatoms. The fraction of sp³-hybridized carbons (Fsp3) is 0.217. The number of rotatable bonds is 5. The van der Waals surface area contributed by atoms with Gasteiger partial charge in [0.1, 0.15) is 11.6 Å². The van der Waals surface area contributed by atoms with E-state index in [1.807, 2.05) is 0 Å². The third kappa shape index (κ3) is 4.69. The van der Waals surface area contributed by atoms with E-state index in [0.717, 1.165) is 0 Å². The first-order chi connectivity index (χ1) is 14.7. The number of carbonyl (C=O) groups excluding carboxylic acids is 1. The van der Waals surface area contributed by atoms with Crippen LogP contribution < -0.4 is 20.2 Å². The van der Waals surface area contributed by atoms with Gasteiger partial charge in [0.2, 0.25) is 5.88 Å². The summed E-state index contributed by atoms with van der Waals surface area (Å²) in [5, 5.41) is 2.60. The molecule has 0 fully saturated rings. The first kappa shape index (κ1) is 21.9. The number of nitrogens with zero attached hydrogens (tertiary/aromatic N) is 1. The predicted octanol–water partition coefficient (Wildman–Crippen LogP) is 4.88. The number of aromatic nitrogens is 1. The topological polar surface area (TPSA) is 78.8 Å². The molecule has 1 N–H and O–H groups in total. The van der Waals surface area contributed by atoms with Crippen molar-refractivity contribution in [2.75, 3.05) is 19.5 Å². The monoisotopic (exact) mass is 426 g/mol. The lowest BCUT2D eigenvalue weighted by molar-refractivity contribution is 0.187. The Morgan fingerprint density at radius 2 is 1.68 bits per heavy atom. The van der Waals surface area contributed by atoms with Crippen molar-refractivity contribution < 1.29 is 23.4 Å². The van der Waals surface area contributed by atoms with Gasteiger partial charge in [-0.2, -0.15) is 0 Å². The van der Waals surface area contributed by atoms with E-state index in [4.69, 9.17) is 9.47 Å². The summed E-state index contributed by atoms with van der Waals surface area (Å²) in [5.41, 5.74) is 2.51. The Morgan fingerprint density at radius 1 is 1.00 bits per heavy atom. The van der Waals surface area contributed by atoms with E-state index in [-0.39, 0.29) is 17.1 Å². The first-order valence-corrected chi connectivity index (χ1v) is 9.44. The zero-order chi connectivity index (χ0) is 22.7. The Hall–Kier alpha value is -3.81. The number of benzene rings is 2. The van der Waals surface area contributed by atoms with Gasteiger partial charge in [0.15, 0.2) is 11.2 Å². The third-order valence-electron chi connectivity index (χ3n) is 4.70. The summed E-state index contributed by atoms with van der Waals surface area (Å²) in [6.45, 7) is 5.19. The molecule has 0 aliphatic heterocycles. The smallest absolute Gasteiger partial charge is 0.411 e. The minimum absolute atomic E-state index is 0.176. The van der Waals surface area contributed by atoms with Gasteiger partial charge in [-0.1, -0.05) is 0 Å². The fourth-order valence-electron chi connectivity index (χ4n) is 3.17. The molecule has 0 atom stereocenters. The van der Waals surface area contributed by atoms with Gasteiger partial charge >= 0.3 is 6.09 Å². The molecule has 3 rings (SSSR count). The van der Waals surface area contributed by atoms with E-state index < -0.39 is 6.09 Å². The quantitative estimate of drug-likeness (QED) is 0.629. The van der Waals surface area contributed by atoms with Crippen LogP contribution in [0, 0.1) is 26.6 Å². The van der Waals surface area contributed by atoms with E-state index in [1.54, 1.807) is 49.7 Å². The zero-order valence-corrected chi connectivity index (χ0v) is 17.9. The standard InChI is InChI=1S/C23H23FN2O5/c1-13-8-16(24)9-14(2)22(13)31-20-7-6-17(25-23(28)30-5)10-18(20)26-12-15(3)19(27)11-21(26)29-4/h6-12H,1-5H3,(H,25,28). The molecule has 0 spiro atoms. The van der Waals surface area contributed by atoms with Crippen molar-refractivity contribution >= 4 is 11.8 Å². The highest BCUT2D eigenvalue weighted by Gasteiger charge is 2.16. The minimum Gasteiger partial charge on any atom is -0.482 e. The number of pyridine rings is 1. The lowest BCUT2D eigenvalue weighted by atomic mass is 10.1. The van der Waals surface area contributed by atoms with Crippen LogP contribution in [0.5, 0.6) is 17.4 Å². The maximum absolute atomic E-state index is 13.7. The van der Waals surface area contributed by atoms with E-state index in [1.165, 1.54) is 32.4 Å². The highest BCUT2D eigenvalue weighted by molar-refractivity contribution is 5.85. The highest BCUT2D eigenvalue weighted by Crippen LogP contribution is 2.36. The van der Waals surface area contributed by atoms with Gasteiger partial charge in [-0.3, -0.25) is 14.7 Å². The van der Waals surface area contributed by atoms with Gasteiger partial charge in [-0.05, 0) is 62.2 Å². The normalized spacial score (nSPS) is 10.5. The Bertz CT molecular complexity index is 1180. The first-order valence-electron chi connectivity index (χ1n) is 9.44. The summed E-state index contributed by atoms with van der Waals surface area (Å²) in [7, 11) is 2.72. The van der Waals surface area contributed by atoms with Crippen LogP contribution in [0.2, 0.25) is 0 Å². The van der Waals surface area contributed by atoms with Crippen LogP contribution in [0.25, 0.3) is 5.69 Å². The summed E-state index contributed by atoms with van der Waals surface area (Å²) in [4.78, 5) is 23.8. The van der Waals surface area contributed by atoms with Gasteiger partial charge < -0.3 is 14.2 Å². The third-order valence-corrected chi connectivity index (χ3v) is 4.70. The van der Waals surface area contributed by atoms with Crippen LogP contribution in [0.15, 0.2) is 47.4 Å². The number of carbonyl (C=O) groups is 1. The second-order valence-electron chi connectivity index (χ2n) is 7.00. The van der Waals surface area contributed by atoms with E-state index >= 15 is 0 Å². The van der Waals surface area contributed by atoms with Crippen molar-refractivity contribution in [2.45, 2.75) is 20.8 Å². The zero-order valence-electron chi connectivity index (χ0n) is 17.9. The number of halogens is 1. The van der Waals surface area contributed by atoms with Crippen LogP contribution in [0.3, 0.4) is 0 Å². The van der Waals surface area contributed by atoms with Gasteiger partial charge in [0.05, 0.1) is 19.9 Å². The summed E-state index contributed by atoms with van der Waals surface area (Å²) in [6.07, 6.45) is 0.989. The summed E-state index contributed by atoms with van der Waals surface area (Å²) in [5.74, 6) is 0.851. The Labute approximate surface area is 179 Å². The molecule has 162 valence electrons. The van der Waals surface area contributed by atoms with Crippen molar-refractivity contribution in [3.8, 4) is 23.1 Å². The molecule has 0 unspecified atom stereocenters. The largest absolute Gasteiger partial charge is 0.482 e. The number of aryl methyl sites for hydroxylation is 3. The minimum atomic E-state index is -0.632. The Kier molecular flexibility index (Phi) is 6.29. The lowest BCUT2D eigenvalue weighted by Gasteiger charge is -2.20. The number of hydrogen-bond acceptors (Lipinski definition) is 5. The average Bonchev–Trinajstić information content (AvgIpc) is 2.72. The van der Waals surface area contributed by atoms with Crippen LogP contribution in [0.4, 0.5) is 14.9 Å². The number of hydrogen-bond donors (Lipinski definition) is 1. The van der Waals surface area contributed by atoms with E-state index in [9.17, 15) is 14.0 Å². The number of ether oxygens (including phenoxy) is 3. The molecule has 7 nitrogen and oxygen atoms in total. The second kappa shape index (κ2) is 8.91. The van der Waals surface area contributed by atoms with E-state index in [2.05, 4.69) is 10.1 Å². The SMILES string of the molecule is COC(=O)Nc1ccc(Oc2c(C)cc(F)cc2C)c(-n2cc(C)c(=O)cc2OC)c1. The van der Waals surface area contributed by atoms with Crippen LogP contribution in [-0.2, 0) is 4.74 Å². The molecule has 0 bridgehead atoms.